The first-order chi connectivity index (χ1) is 8.08. The van der Waals surface area contributed by atoms with Crippen molar-refractivity contribution in [2.75, 3.05) is 20.8 Å². The van der Waals surface area contributed by atoms with E-state index in [4.69, 9.17) is 26.2 Å². The molecule has 0 aliphatic rings. The molecule has 0 saturated heterocycles. The number of ether oxygens (including phenoxy) is 2. The molecule has 0 aromatic heterocycles. The van der Waals surface area contributed by atoms with Gasteiger partial charge < -0.3 is 19.9 Å². The van der Waals surface area contributed by atoms with Crippen LogP contribution < -0.4 is 14.8 Å². The van der Waals surface area contributed by atoms with Crippen LogP contribution in [0.2, 0.25) is 5.02 Å². The van der Waals surface area contributed by atoms with Gasteiger partial charge in [0, 0.05) is 29.7 Å². The molecular formula is C12H18ClNO3. The molecule has 1 rings (SSSR count). The molecule has 0 spiro atoms. The van der Waals surface area contributed by atoms with Gasteiger partial charge in [-0.1, -0.05) is 11.6 Å². The molecule has 4 nitrogen and oxygen atoms in total. The predicted molar refractivity (Wildman–Crippen MR) is 67.9 cm³/mol. The van der Waals surface area contributed by atoms with E-state index in [1.54, 1.807) is 27.2 Å². The Hall–Kier alpha value is -0.970. The third-order valence-corrected chi connectivity index (χ3v) is 2.49. The van der Waals surface area contributed by atoms with E-state index in [1.807, 2.05) is 6.07 Å². The van der Waals surface area contributed by atoms with E-state index >= 15 is 0 Å². The number of halogens is 1. The van der Waals surface area contributed by atoms with E-state index in [-0.39, 0.29) is 6.10 Å². The normalized spacial score (nSPS) is 12.3. The molecule has 0 fully saturated rings. The van der Waals surface area contributed by atoms with E-state index in [0.717, 1.165) is 5.56 Å². The molecule has 2 N–H and O–H groups in total. The van der Waals surface area contributed by atoms with Crippen molar-refractivity contribution in [2.24, 2.45) is 0 Å². The van der Waals surface area contributed by atoms with Gasteiger partial charge in [0.25, 0.3) is 0 Å². The van der Waals surface area contributed by atoms with Crippen LogP contribution in [0.15, 0.2) is 12.1 Å². The Morgan fingerprint density at radius 2 is 2.06 bits per heavy atom. The molecule has 0 aliphatic heterocycles. The number of nitrogens with one attached hydrogen (secondary N) is 1. The van der Waals surface area contributed by atoms with Crippen molar-refractivity contribution in [3.8, 4) is 11.5 Å². The van der Waals surface area contributed by atoms with E-state index in [9.17, 15) is 0 Å². The van der Waals surface area contributed by atoms with Crippen molar-refractivity contribution in [1.29, 1.82) is 0 Å². The van der Waals surface area contributed by atoms with Crippen molar-refractivity contribution in [3.05, 3.63) is 22.7 Å². The van der Waals surface area contributed by atoms with Crippen LogP contribution in [-0.4, -0.2) is 32.0 Å². The second-order valence-corrected chi connectivity index (χ2v) is 4.22. The lowest BCUT2D eigenvalue weighted by molar-refractivity contribution is 0.191. The van der Waals surface area contributed by atoms with Crippen molar-refractivity contribution in [3.63, 3.8) is 0 Å². The average Bonchev–Trinajstić information content (AvgIpc) is 2.27. The zero-order valence-electron chi connectivity index (χ0n) is 10.3. The Bertz CT molecular complexity index is 369. The fraction of sp³-hybridized carbons (Fsp3) is 0.500. The van der Waals surface area contributed by atoms with Crippen LogP contribution in [0, 0.1) is 0 Å². The Labute approximate surface area is 106 Å². The molecule has 0 aliphatic carbocycles. The van der Waals surface area contributed by atoms with Gasteiger partial charge >= 0.3 is 0 Å². The van der Waals surface area contributed by atoms with Crippen LogP contribution in [0.25, 0.3) is 0 Å². The highest BCUT2D eigenvalue weighted by Crippen LogP contribution is 2.34. The van der Waals surface area contributed by atoms with Crippen LogP contribution in [0.4, 0.5) is 0 Å². The van der Waals surface area contributed by atoms with Crippen LogP contribution in [0.5, 0.6) is 11.5 Å². The third kappa shape index (κ3) is 4.07. The van der Waals surface area contributed by atoms with Gasteiger partial charge in [-0.05, 0) is 13.0 Å². The smallest absolute Gasteiger partial charge is 0.165 e. The van der Waals surface area contributed by atoms with Gasteiger partial charge in [0.05, 0.1) is 20.3 Å². The lowest BCUT2D eigenvalue weighted by Crippen LogP contribution is -2.24. The quantitative estimate of drug-likeness (QED) is 0.818. The lowest BCUT2D eigenvalue weighted by atomic mass is 10.1. The number of rotatable bonds is 6. The zero-order valence-corrected chi connectivity index (χ0v) is 11.0. The van der Waals surface area contributed by atoms with Crippen LogP contribution in [-0.2, 0) is 6.54 Å². The van der Waals surface area contributed by atoms with Crippen molar-refractivity contribution < 1.29 is 14.6 Å². The first-order valence-corrected chi connectivity index (χ1v) is 5.75. The minimum absolute atomic E-state index is 0.387. The Kier molecular flexibility index (Phi) is 5.55. The number of aliphatic hydroxyl groups excluding tert-OH is 1. The summed E-state index contributed by atoms with van der Waals surface area (Å²) in [4.78, 5) is 0. The molecule has 5 heteroatoms. The fourth-order valence-electron chi connectivity index (χ4n) is 1.55. The van der Waals surface area contributed by atoms with Crippen molar-refractivity contribution >= 4 is 11.6 Å². The van der Waals surface area contributed by atoms with Crippen molar-refractivity contribution in [1.82, 2.24) is 5.32 Å². The zero-order chi connectivity index (χ0) is 12.8. The maximum Gasteiger partial charge on any atom is 0.165 e. The van der Waals surface area contributed by atoms with E-state index in [0.29, 0.717) is 29.6 Å². The van der Waals surface area contributed by atoms with Gasteiger partial charge in [0.1, 0.15) is 0 Å². The van der Waals surface area contributed by atoms with Gasteiger partial charge in [-0.15, -0.1) is 0 Å². The maximum absolute atomic E-state index is 9.17. The molecule has 0 radical (unpaired) electrons. The minimum Gasteiger partial charge on any atom is -0.493 e. The lowest BCUT2D eigenvalue weighted by Gasteiger charge is -2.14. The summed E-state index contributed by atoms with van der Waals surface area (Å²) < 4.78 is 10.5. The summed E-state index contributed by atoms with van der Waals surface area (Å²) in [6.45, 7) is 2.80. The van der Waals surface area contributed by atoms with Crippen molar-refractivity contribution in [2.45, 2.75) is 19.6 Å². The standard InChI is InChI=1S/C12H18ClNO3/c1-8(15)6-14-7-9-4-10(13)5-11(16-2)12(9)17-3/h4-5,8,14-15H,6-7H2,1-3H3. The van der Waals surface area contributed by atoms with Crippen LogP contribution >= 0.6 is 11.6 Å². The Morgan fingerprint density at radius 1 is 1.35 bits per heavy atom. The molecule has 1 aromatic carbocycles. The second kappa shape index (κ2) is 6.69. The number of hydrogen-bond donors (Lipinski definition) is 2. The molecule has 17 heavy (non-hydrogen) atoms. The third-order valence-electron chi connectivity index (χ3n) is 2.28. The van der Waals surface area contributed by atoms with Gasteiger partial charge in [0.2, 0.25) is 0 Å². The summed E-state index contributed by atoms with van der Waals surface area (Å²) in [5, 5.41) is 12.9. The number of methoxy groups -OCH3 is 2. The van der Waals surface area contributed by atoms with E-state index in [1.165, 1.54) is 0 Å². The summed E-state index contributed by atoms with van der Waals surface area (Å²) in [7, 11) is 3.16. The molecule has 0 amide bonds. The highest BCUT2D eigenvalue weighted by atomic mass is 35.5. The molecule has 0 saturated carbocycles. The summed E-state index contributed by atoms with van der Waals surface area (Å²) in [5.41, 5.74) is 0.900. The first-order valence-electron chi connectivity index (χ1n) is 5.37. The number of aliphatic hydroxyl groups is 1. The Morgan fingerprint density at radius 3 is 2.59 bits per heavy atom. The summed E-state index contributed by atoms with van der Waals surface area (Å²) in [6, 6.07) is 3.52. The summed E-state index contributed by atoms with van der Waals surface area (Å²) in [6.07, 6.45) is -0.387. The second-order valence-electron chi connectivity index (χ2n) is 3.78. The van der Waals surface area contributed by atoms with Gasteiger partial charge in [0.15, 0.2) is 11.5 Å². The van der Waals surface area contributed by atoms with Gasteiger partial charge in [-0.25, -0.2) is 0 Å². The molecule has 1 unspecified atom stereocenters. The predicted octanol–water partition coefficient (Wildman–Crippen LogP) is 1.83. The highest BCUT2D eigenvalue weighted by Gasteiger charge is 2.11. The molecule has 1 aromatic rings. The average molecular weight is 260 g/mol. The van der Waals surface area contributed by atoms with Crippen LogP contribution in [0.1, 0.15) is 12.5 Å². The van der Waals surface area contributed by atoms with E-state index < -0.39 is 0 Å². The largest absolute Gasteiger partial charge is 0.493 e. The monoisotopic (exact) mass is 259 g/mol. The summed E-state index contributed by atoms with van der Waals surface area (Å²) in [5.74, 6) is 1.27. The van der Waals surface area contributed by atoms with Gasteiger partial charge in [-0.3, -0.25) is 0 Å². The molecule has 0 bridgehead atoms. The Balaban J connectivity index is 2.85. The molecule has 0 heterocycles. The molecular weight excluding hydrogens is 242 g/mol. The fourth-order valence-corrected chi connectivity index (χ4v) is 1.78. The molecule has 1 atom stereocenters. The van der Waals surface area contributed by atoms with E-state index in [2.05, 4.69) is 5.32 Å². The minimum atomic E-state index is -0.387. The molecule has 96 valence electrons. The number of benzene rings is 1. The maximum atomic E-state index is 9.17. The van der Waals surface area contributed by atoms with Gasteiger partial charge in [-0.2, -0.15) is 0 Å². The highest BCUT2D eigenvalue weighted by molar-refractivity contribution is 6.30. The SMILES string of the molecule is COc1cc(Cl)cc(CNCC(C)O)c1OC. The van der Waals surface area contributed by atoms with Crippen LogP contribution in [0.3, 0.4) is 0 Å². The topological polar surface area (TPSA) is 50.7 Å². The summed E-state index contributed by atoms with van der Waals surface area (Å²) >= 11 is 5.99. The first kappa shape index (κ1) is 14.1. The number of hydrogen-bond acceptors (Lipinski definition) is 4.